The predicted octanol–water partition coefficient (Wildman–Crippen LogP) is 3.76. The van der Waals surface area contributed by atoms with Gasteiger partial charge in [-0.2, -0.15) is 5.10 Å². The summed E-state index contributed by atoms with van der Waals surface area (Å²) in [6.07, 6.45) is 3.27. The molecule has 4 heteroatoms. The molecule has 3 nitrogen and oxygen atoms in total. The van der Waals surface area contributed by atoms with E-state index in [4.69, 9.17) is 17.3 Å². The van der Waals surface area contributed by atoms with Crippen molar-refractivity contribution in [2.75, 3.05) is 5.73 Å². The van der Waals surface area contributed by atoms with Crippen molar-refractivity contribution in [2.24, 2.45) is 0 Å². The highest BCUT2D eigenvalue weighted by atomic mass is 35.5. The van der Waals surface area contributed by atoms with Crippen LogP contribution in [-0.2, 0) is 6.42 Å². The van der Waals surface area contributed by atoms with E-state index in [0.29, 0.717) is 5.82 Å². The van der Waals surface area contributed by atoms with Gasteiger partial charge in [0.25, 0.3) is 0 Å². The standard InChI is InChI=1S/C14H18ClN3/c1-3-4-5-12-9-14(16)18(17-12)13-7-6-11(15)8-10(13)2/h6-9H,3-5,16H2,1-2H3. The fourth-order valence-electron chi connectivity index (χ4n) is 1.98. The molecule has 0 aliphatic carbocycles. The van der Waals surface area contributed by atoms with Crippen molar-refractivity contribution in [1.29, 1.82) is 0 Å². The monoisotopic (exact) mass is 263 g/mol. The van der Waals surface area contributed by atoms with Crippen LogP contribution in [-0.4, -0.2) is 9.78 Å². The van der Waals surface area contributed by atoms with Gasteiger partial charge in [-0.15, -0.1) is 0 Å². The number of aromatic nitrogens is 2. The van der Waals surface area contributed by atoms with Gasteiger partial charge in [0.05, 0.1) is 11.4 Å². The highest BCUT2D eigenvalue weighted by Crippen LogP contribution is 2.22. The van der Waals surface area contributed by atoms with Crippen molar-refractivity contribution in [3.8, 4) is 5.69 Å². The molecule has 0 aliphatic heterocycles. The van der Waals surface area contributed by atoms with E-state index in [-0.39, 0.29) is 0 Å². The summed E-state index contributed by atoms with van der Waals surface area (Å²) < 4.78 is 1.79. The number of unbranched alkanes of at least 4 members (excludes halogenated alkanes) is 1. The molecular weight excluding hydrogens is 246 g/mol. The molecule has 2 aromatic rings. The Hall–Kier alpha value is -1.48. The van der Waals surface area contributed by atoms with Crippen LogP contribution >= 0.6 is 11.6 Å². The first-order valence-electron chi connectivity index (χ1n) is 6.22. The molecule has 0 aliphatic rings. The van der Waals surface area contributed by atoms with Crippen LogP contribution in [0.3, 0.4) is 0 Å². The molecule has 96 valence electrons. The lowest BCUT2D eigenvalue weighted by molar-refractivity contribution is 0.752. The average Bonchev–Trinajstić information content (AvgIpc) is 2.68. The van der Waals surface area contributed by atoms with E-state index in [9.17, 15) is 0 Å². The Morgan fingerprint density at radius 3 is 2.78 bits per heavy atom. The zero-order valence-electron chi connectivity index (χ0n) is 10.8. The van der Waals surface area contributed by atoms with Crippen molar-refractivity contribution >= 4 is 17.4 Å². The minimum Gasteiger partial charge on any atom is -0.384 e. The van der Waals surface area contributed by atoms with Crippen LogP contribution in [0.5, 0.6) is 0 Å². The maximum absolute atomic E-state index is 6.02. The van der Waals surface area contributed by atoms with E-state index in [1.165, 1.54) is 0 Å². The number of hydrogen-bond acceptors (Lipinski definition) is 2. The van der Waals surface area contributed by atoms with Gasteiger partial charge in [0.2, 0.25) is 0 Å². The number of halogens is 1. The Bertz CT molecular complexity index is 546. The van der Waals surface area contributed by atoms with Crippen LogP contribution < -0.4 is 5.73 Å². The first-order chi connectivity index (χ1) is 8.61. The van der Waals surface area contributed by atoms with E-state index >= 15 is 0 Å². The minimum atomic E-state index is 0.673. The zero-order chi connectivity index (χ0) is 13.1. The highest BCUT2D eigenvalue weighted by molar-refractivity contribution is 6.30. The Kier molecular flexibility index (Phi) is 3.92. The number of benzene rings is 1. The van der Waals surface area contributed by atoms with Gasteiger partial charge in [-0.1, -0.05) is 24.9 Å². The van der Waals surface area contributed by atoms with E-state index in [1.807, 2.05) is 31.2 Å². The number of rotatable bonds is 4. The van der Waals surface area contributed by atoms with Gasteiger partial charge < -0.3 is 5.73 Å². The van der Waals surface area contributed by atoms with Gasteiger partial charge in [-0.3, -0.25) is 0 Å². The van der Waals surface area contributed by atoms with Crippen LogP contribution in [0.2, 0.25) is 5.02 Å². The number of nitrogen functional groups attached to an aromatic ring is 1. The Morgan fingerprint density at radius 1 is 1.33 bits per heavy atom. The summed E-state index contributed by atoms with van der Waals surface area (Å²) in [4.78, 5) is 0. The normalized spacial score (nSPS) is 10.8. The van der Waals surface area contributed by atoms with Crippen molar-refractivity contribution in [3.05, 3.63) is 40.5 Å². The van der Waals surface area contributed by atoms with Crippen molar-refractivity contribution < 1.29 is 0 Å². The third kappa shape index (κ3) is 2.67. The summed E-state index contributed by atoms with van der Waals surface area (Å²) in [5, 5.41) is 5.29. The molecule has 0 spiro atoms. The van der Waals surface area contributed by atoms with E-state index in [1.54, 1.807) is 4.68 Å². The summed E-state index contributed by atoms with van der Waals surface area (Å²) >= 11 is 5.96. The number of nitrogens with zero attached hydrogens (tertiary/aromatic N) is 2. The maximum atomic E-state index is 6.02. The summed E-state index contributed by atoms with van der Waals surface area (Å²) in [7, 11) is 0. The first kappa shape index (κ1) is 13.0. The van der Waals surface area contributed by atoms with Gasteiger partial charge in [-0.25, -0.2) is 4.68 Å². The molecule has 2 N–H and O–H groups in total. The second-order valence-electron chi connectivity index (χ2n) is 4.51. The van der Waals surface area contributed by atoms with Gasteiger partial charge in [0.15, 0.2) is 0 Å². The van der Waals surface area contributed by atoms with Crippen LogP contribution in [0.15, 0.2) is 24.3 Å². The zero-order valence-corrected chi connectivity index (χ0v) is 11.5. The Morgan fingerprint density at radius 2 is 2.11 bits per heavy atom. The fourth-order valence-corrected chi connectivity index (χ4v) is 2.20. The molecule has 0 unspecified atom stereocenters. The van der Waals surface area contributed by atoms with Gasteiger partial charge in [0, 0.05) is 11.1 Å². The van der Waals surface area contributed by atoms with E-state index < -0.39 is 0 Å². The molecule has 0 amide bonds. The summed E-state index contributed by atoms with van der Waals surface area (Å²) in [5.41, 5.74) is 9.12. The van der Waals surface area contributed by atoms with Crippen LogP contribution in [0.25, 0.3) is 5.69 Å². The molecule has 1 aromatic heterocycles. The van der Waals surface area contributed by atoms with Crippen molar-refractivity contribution in [2.45, 2.75) is 33.1 Å². The number of anilines is 1. The highest BCUT2D eigenvalue weighted by Gasteiger charge is 2.09. The molecule has 18 heavy (non-hydrogen) atoms. The smallest absolute Gasteiger partial charge is 0.127 e. The molecule has 0 saturated heterocycles. The summed E-state index contributed by atoms with van der Waals surface area (Å²) in [5.74, 6) is 0.673. The largest absolute Gasteiger partial charge is 0.384 e. The van der Waals surface area contributed by atoms with Crippen LogP contribution in [0.1, 0.15) is 31.0 Å². The van der Waals surface area contributed by atoms with E-state index in [0.717, 1.165) is 41.2 Å². The molecule has 0 fully saturated rings. The third-order valence-corrected chi connectivity index (χ3v) is 3.20. The van der Waals surface area contributed by atoms with Crippen LogP contribution in [0.4, 0.5) is 5.82 Å². The molecule has 0 radical (unpaired) electrons. The van der Waals surface area contributed by atoms with Crippen molar-refractivity contribution in [3.63, 3.8) is 0 Å². The molecule has 1 aromatic carbocycles. The average molecular weight is 264 g/mol. The summed E-state index contributed by atoms with van der Waals surface area (Å²) in [6.45, 7) is 4.18. The SMILES string of the molecule is CCCCc1cc(N)n(-c2ccc(Cl)cc2C)n1. The summed E-state index contributed by atoms with van der Waals surface area (Å²) in [6, 6.07) is 7.68. The molecule has 0 bridgehead atoms. The lowest BCUT2D eigenvalue weighted by Crippen LogP contribution is -2.03. The topological polar surface area (TPSA) is 43.8 Å². The lowest BCUT2D eigenvalue weighted by Gasteiger charge is -2.07. The lowest BCUT2D eigenvalue weighted by atomic mass is 10.2. The van der Waals surface area contributed by atoms with Crippen molar-refractivity contribution in [1.82, 2.24) is 9.78 Å². The Labute approximate surface area is 113 Å². The minimum absolute atomic E-state index is 0.673. The second kappa shape index (κ2) is 5.44. The van der Waals surface area contributed by atoms with Crippen LogP contribution in [0, 0.1) is 6.92 Å². The maximum Gasteiger partial charge on any atom is 0.127 e. The number of nitrogens with two attached hydrogens (primary N) is 1. The van der Waals surface area contributed by atoms with E-state index in [2.05, 4.69) is 12.0 Å². The third-order valence-electron chi connectivity index (χ3n) is 2.96. The molecule has 0 atom stereocenters. The second-order valence-corrected chi connectivity index (χ2v) is 4.94. The predicted molar refractivity (Wildman–Crippen MR) is 76.3 cm³/mol. The quantitative estimate of drug-likeness (QED) is 0.913. The molecule has 0 saturated carbocycles. The number of aryl methyl sites for hydroxylation is 2. The first-order valence-corrected chi connectivity index (χ1v) is 6.60. The van der Waals surface area contributed by atoms with Gasteiger partial charge in [0.1, 0.15) is 5.82 Å². The fraction of sp³-hybridized carbons (Fsp3) is 0.357. The molecule has 1 heterocycles. The molecular formula is C14H18ClN3. The number of hydrogen-bond donors (Lipinski definition) is 1. The Balaban J connectivity index is 2.35. The van der Waals surface area contributed by atoms with Gasteiger partial charge in [-0.05, 0) is 43.5 Å². The molecule has 2 rings (SSSR count). The van der Waals surface area contributed by atoms with Gasteiger partial charge >= 0.3 is 0 Å².